The number of carbonyl (C=O) groups excluding carboxylic acids is 2. The number of amides is 2. The van der Waals surface area contributed by atoms with Crippen molar-refractivity contribution in [1.82, 2.24) is 10.2 Å². The lowest BCUT2D eigenvalue weighted by Crippen LogP contribution is -2.53. The van der Waals surface area contributed by atoms with Gasteiger partial charge >= 0.3 is 0 Å². The minimum absolute atomic E-state index is 0.00445. The number of anilines is 1. The van der Waals surface area contributed by atoms with Crippen LogP contribution in [0.5, 0.6) is 5.75 Å². The van der Waals surface area contributed by atoms with Crippen molar-refractivity contribution in [2.45, 2.75) is 71.0 Å². The van der Waals surface area contributed by atoms with Crippen molar-refractivity contribution < 1.29 is 22.7 Å². The van der Waals surface area contributed by atoms with E-state index in [1.165, 1.54) is 24.1 Å². The van der Waals surface area contributed by atoms with Gasteiger partial charge in [-0.3, -0.25) is 13.9 Å². The lowest BCUT2D eigenvalue weighted by Gasteiger charge is -2.33. The van der Waals surface area contributed by atoms with Gasteiger partial charge in [0.05, 0.1) is 22.2 Å². The third-order valence-corrected chi connectivity index (χ3v) is 9.56. The van der Waals surface area contributed by atoms with E-state index in [1.807, 2.05) is 58.9 Å². The second-order valence-corrected chi connectivity index (χ2v) is 13.1. The van der Waals surface area contributed by atoms with Crippen LogP contribution >= 0.6 is 15.9 Å². The molecule has 2 amide bonds. The van der Waals surface area contributed by atoms with Crippen LogP contribution in [0.25, 0.3) is 0 Å². The van der Waals surface area contributed by atoms with Gasteiger partial charge in [-0.2, -0.15) is 0 Å². The molecule has 0 heterocycles. The summed E-state index contributed by atoms with van der Waals surface area (Å²) in [5.41, 5.74) is 3.20. The SMILES string of the molecule is CC[C@@H](C)NC(=O)[C@@H](CC)N(Cc1ccc(C)cc1)C(=O)CN(c1ccc(C)cc1)S(=O)(=O)c1ccc(OC)c(Br)c1. The van der Waals surface area contributed by atoms with E-state index >= 15 is 0 Å². The van der Waals surface area contributed by atoms with E-state index in [9.17, 15) is 18.0 Å². The Hall–Kier alpha value is -3.37. The normalized spacial score (nSPS) is 12.7. The van der Waals surface area contributed by atoms with E-state index in [1.54, 1.807) is 30.3 Å². The number of nitrogens with one attached hydrogen (secondary N) is 1. The van der Waals surface area contributed by atoms with E-state index in [0.29, 0.717) is 22.3 Å². The number of ether oxygens (including phenoxy) is 1. The molecule has 0 saturated carbocycles. The molecular weight excluding hydrogens is 618 g/mol. The van der Waals surface area contributed by atoms with Crippen LogP contribution in [0.4, 0.5) is 5.69 Å². The largest absolute Gasteiger partial charge is 0.496 e. The predicted octanol–water partition coefficient (Wildman–Crippen LogP) is 5.99. The van der Waals surface area contributed by atoms with E-state index in [0.717, 1.165) is 27.4 Å². The molecule has 3 rings (SSSR count). The molecule has 42 heavy (non-hydrogen) atoms. The van der Waals surface area contributed by atoms with Crippen molar-refractivity contribution >= 4 is 43.5 Å². The molecule has 0 saturated heterocycles. The molecule has 226 valence electrons. The lowest BCUT2D eigenvalue weighted by molar-refractivity contribution is -0.140. The maximum Gasteiger partial charge on any atom is 0.264 e. The number of halogens is 1. The summed E-state index contributed by atoms with van der Waals surface area (Å²) in [5.74, 6) is -0.274. The van der Waals surface area contributed by atoms with Gasteiger partial charge < -0.3 is 15.0 Å². The second kappa shape index (κ2) is 14.7. The molecule has 0 bridgehead atoms. The zero-order valence-electron chi connectivity index (χ0n) is 25.1. The van der Waals surface area contributed by atoms with Gasteiger partial charge in [0.25, 0.3) is 10.0 Å². The topological polar surface area (TPSA) is 96.0 Å². The summed E-state index contributed by atoms with van der Waals surface area (Å²) in [7, 11) is -2.70. The number of hydrogen-bond acceptors (Lipinski definition) is 5. The summed E-state index contributed by atoms with van der Waals surface area (Å²) >= 11 is 3.37. The third kappa shape index (κ3) is 8.13. The molecular formula is C32H40BrN3O5S. The van der Waals surface area contributed by atoms with Gasteiger partial charge in [0.1, 0.15) is 18.3 Å². The van der Waals surface area contributed by atoms with Gasteiger partial charge in [-0.15, -0.1) is 0 Å². The first-order chi connectivity index (χ1) is 19.9. The number of methoxy groups -OCH3 is 1. The zero-order chi connectivity index (χ0) is 31.0. The molecule has 3 aromatic rings. The fraction of sp³-hybridized carbons (Fsp3) is 0.375. The van der Waals surface area contributed by atoms with E-state index in [2.05, 4.69) is 21.2 Å². The van der Waals surface area contributed by atoms with E-state index in [-0.39, 0.29) is 23.4 Å². The highest BCUT2D eigenvalue weighted by atomic mass is 79.9. The van der Waals surface area contributed by atoms with Crippen LogP contribution in [0, 0.1) is 13.8 Å². The third-order valence-electron chi connectivity index (χ3n) is 7.17. The van der Waals surface area contributed by atoms with Gasteiger partial charge in [-0.25, -0.2) is 8.42 Å². The highest BCUT2D eigenvalue weighted by molar-refractivity contribution is 9.10. The number of benzene rings is 3. The fourth-order valence-corrected chi connectivity index (χ4v) is 6.56. The maximum atomic E-state index is 14.2. The van der Waals surface area contributed by atoms with Crippen LogP contribution in [0.2, 0.25) is 0 Å². The first kappa shape index (κ1) is 33.1. The molecule has 8 nitrogen and oxygen atoms in total. The van der Waals surface area contributed by atoms with Gasteiger partial charge in [0.2, 0.25) is 11.8 Å². The van der Waals surface area contributed by atoms with Gasteiger partial charge in [-0.1, -0.05) is 61.4 Å². The van der Waals surface area contributed by atoms with Crippen molar-refractivity contribution in [3.05, 3.63) is 87.9 Å². The molecule has 0 fully saturated rings. The molecule has 2 atom stereocenters. The quantitative estimate of drug-likeness (QED) is 0.244. The highest BCUT2D eigenvalue weighted by Gasteiger charge is 2.34. The number of rotatable bonds is 13. The number of nitrogens with zero attached hydrogens (tertiary/aromatic N) is 2. The molecule has 0 aliphatic heterocycles. The van der Waals surface area contributed by atoms with Crippen molar-refractivity contribution in [2.24, 2.45) is 0 Å². The van der Waals surface area contributed by atoms with Crippen molar-refractivity contribution in [3.63, 3.8) is 0 Å². The Morgan fingerprint density at radius 1 is 0.929 bits per heavy atom. The van der Waals surface area contributed by atoms with Crippen molar-refractivity contribution in [3.8, 4) is 5.75 Å². The molecule has 3 aromatic carbocycles. The Morgan fingerprint density at radius 2 is 1.52 bits per heavy atom. The number of hydrogen-bond donors (Lipinski definition) is 1. The van der Waals surface area contributed by atoms with Crippen LogP contribution < -0.4 is 14.4 Å². The molecule has 0 spiro atoms. The molecule has 0 aliphatic rings. The first-order valence-corrected chi connectivity index (χ1v) is 16.2. The summed E-state index contributed by atoms with van der Waals surface area (Å²) in [4.78, 5) is 29.1. The fourth-order valence-electron chi connectivity index (χ4n) is 4.43. The molecule has 1 N–H and O–H groups in total. The Balaban J connectivity index is 2.07. The van der Waals surface area contributed by atoms with Crippen LogP contribution in [-0.2, 0) is 26.2 Å². The smallest absolute Gasteiger partial charge is 0.264 e. The van der Waals surface area contributed by atoms with E-state index < -0.39 is 28.5 Å². The predicted molar refractivity (Wildman–Crippen MR) is 170 cm³/mol. The maximum absolute atomic E-state index is 14.2. The summed E-state index contributed by atoms with van der Waals surface area (Å²) in [6.07, 6.45) is 1.10. The summed E-state index contributed by atoms with van der Waals surface area (Å²) in [6, 6.07) is 18.3. The molecule has 0 aromatic heterocycles. The van der Waals surface area contributed by atoms with Crippen LogP contribution in [0.3, 0.4) is 0 Å². The summed E-state index contributed by atoms with van der Waals surface area (Å²) < 4.78 is 35.0. The number of aryl methyl sites for hydroxylation is 2. The highest BCUT2D eigenvalue weighted by Crippen LogP contribution is 2.31. The summed E-state index contributed by atoms with van der Waals surface area (Å²) in [5, 5.41) is 2.99. The molecule has 0 aliphatic carbocycles. The van der Waals surface area contributed by atoms with Crippen molar-refractivity contribution in [1.29, 1.82) is 0 Å². The molecule has 10 heteroatoms. The minimum Gasteiger partial charge on any atom is -0.496 e. The Labute approximate surface area is 258 Å². The Morgan fingerprint density at radius 3 is 2.05 bits per heavy atom. The zero-order valence-corrected chi connectivity index (χ0v) is 27.5. The minimum atomic E-state index is -4.20. The van der Waals surface area contributed by atoms with Crippen LogP contribution in [-0.4, -0.2) is 50.9 Å². The van der Waals surface area contributed by atoms with Crippen LogP contribution in [0.1, 0.15) is 50.3 Å². The monoisotopic (exact) mass is 657 g/mol. The molecule has 0 radical (unpaired) electrons. The Bertz CT molecular complexity index is 1480. The average molecular weight is 659 g/mol. The average Bonchev–Trinajstić information content (AvgIpc) is 2.97. The Kier molecular flexibility index (Phi) is 11.6. The first-order valence-electron chi connectivity index (χ1n) is 14.0. The lowest BCUT2D eigenvalue weighted by atomic mass is 10.1. The van der Waals surface area contributed by atoms with Gasteiger partial charge in [0.15, 0.2) is 0 Å². The van der Waals surface area contributed by atoms with Gasteiger partial charge in [0, 0.05) is 12.6 Å². The number of sulfonamides is 1. The second-order valence-electron chi connectivity index (χ2n) is 10.4. The van der Waals surface area contributed by atoms with E-state index in [4.69, 9.17) is 4.74 Å². The van der Waals surface area contributed by atoms with Crippen LogP contribution in [0.15, 0.2) is 76.1 Å². The van der Waals surface area contributed by atoms with Gasteiger partial charge in [-0.05, 0) is 85.4 Å². The number of carbonyl (C=O) groups is 2. The standard InChI is InChI=1S/C32H40BrN3O5S/c1-7-24(5)34-32(38)29(8-2)35(20-25-13-9-22(3)10-14-25)31(37)21-36(26-15-11-23(4)12-16-26)42(39,40)27-17-18-30(41-6)28(33)19-27/h9-19,24,29H,7-8,20-21H2,1-6H3,(H,34,38)/t24-,29-/m1/s1. The molecule has 0 unspecified atom stereocenters. The van der Waals surface area contributed by atoms with Crippen molar-refractivity contribution in [2.75, 3.05) is 18.0 Å². The summed E-state index contributed by atoms with van der Waals surface area (Å²) in [6.45, 7) is 9.27.